The van der Waals surface area contributed by atoms with Crippen molar-refractivity contribution < 1.29 is 0 Å². The summed E-state index contributed by atoms with van der Waals surface area (Å²) in [5.74, 6) is 0.328. The van der Waals surface area contributed by atoms with Gasteiger partial charge in [0.2, 0.25) is 5.95 Å². The van der Waals surface area contributed by atoms with E-state index in [2.05, 4.69) is 57.5 Å². The molecule has 2 aromatic heterocycles. The van der Waals surface area contributed by atoms with Crippen molar-refractivity contribution in [2.75, 3.05) is 18.8 Å². The fourth-order valence-electron chi connectivity index (χ4n) is 3.83. The standard InChI is InChI=1S/C20H23N5S/c1-15-24-18(14-26-15)20(17-5-3-2-4-6-17)7-9-25(10-8-20)13-16-11-22-19(21)23-12-16/h2-6,11-12,14H,7-10,13H2,1H3,(H2,21,22,23). The van der Waals surface area contributed by atoms with Crippen LogP contribution in [0.1, 0.15) is 34.7 Å². The van der Waals surface area contributed by atoms with Crippen molar-refractivity contribution in [3.8, 4) is 0 Å². The van der Waals surface area contributed by atoms with Crippen LogP contribution in [0.2, 0.25) is 0 Å². The molecule has 1 saturated heterocycles. The van der Waals surface area contributed by atoms with Gasteiger partial charge in [-0.15, -0.1) is 11.3 Å². The summed E-state index contributed by atoms with van der Waals surface area (Å²) >= 11 is 1.74. The molecule has 3 heterocycles. The number of nitrogens with zero attached hydrogens (tertiary/aromatic N) is 4. The zero-order chi connectivity index (χ0) is 18.0. The summed E-state index contributed by atoms with van der Waals surface area (Å²) < 4.78 is 0. The number of anilines is 1. The monoisotopic (exact) mass is 365 g/mol. The van der Waals surface area contributed by atoms with E-state index in [1.807, 2.05) is 12.4 Å². The van der Waals surface area contributed by atoms with E-state index in [-0.39, 0.29) is 5.41 Å². The molecule has 2 N–H and O–H groups in total. The zero-order valence-corrected chi connectivity index (χ0v) is 15.7. The molecule has 1 aliphatic heterocycles. The summed E-state index contributed by atoms with van der Waals surface area (Å²) in [4.78, 5) is 15.5. The third-order valence-corrected chi connectivity index (χ3v) is 6.05. The van der Waals surface area contributed by atoms with E-state index in [1.165, 1.54) is 11.3 Å². The Labute approximate surface area is 157 Å². The molecule has 0 spiro atoms. The summed E-state index contributed by atoms with van der Waals surface area (Å²) in [6, 6.07) is 10.8. The SMILES string of the molecule is Cc1nc(C2(c3ccccc3)CCN(Cc3cnc(N)nc3)CC2)cs1. The average molecular weight is 366 g/mol. The van der Waals surface area contributed by atoms with Gasteiger partial charge >= 0.3 is 0 Å². The van der Waals surface area contributed by atoms with Crippen LogP contribution in [0, 0.1) is 6.92 Å². The van der Waals surface area contributed by atoms with Crippen molar-refractivity contribution in [2.24, 2.45) is 0 Å². The minimum absolute atomic E-state index is 0.0140. The van der Waals surface area contributed by atoms with E-state index in [0.717, 1.165) is 43.0 Å². The second-order valence-electron chi connectivity index (χ2n) is 6.93. The molecule has 0 saturated carbocycles. The molecular weight excluding hydrogens is 342 g/mol. The molecule has 0 radical (unpaired) electrons. The van der Waals surface area contributed by atoms with Crippen LogP contribution in [0.3, 0.4) is 0 Å². The molecule has 26 heavy (non-hydrogen) atoms. The smallest absolute Gasteiger partial charge is 0.219 e. The lowest BCUT2D eigenvalue weighted by Gasteiger charge is -2.41. The second kappa shape index (κ2) is 7.13. The first-order chi connectivity index (χ1) is 12.7. The molecule has 0 aliphatic carbocycles. The van der Waals surface area contributed by atoms with E-state index >= 15 is 0 Å². The zero-order valence-electron chi connectivity index (χ0n) is 14.9. The van der Waals surface area contributed by atoms with Crippen LogP contribution in [0.5, 0.6) is 0 Å². The van der Waals surface area contributed by atoms with Gasteiger partial charge in [0.15, 0.2) is 0 Å². The Morgan fingerprint density at radius 1 is 1.12 bits per heavy atom. The third-order valence-electron chi connectivity index (χ3n) is 5.28. The molecule has 4 rings (SSSR count). The van der Waals surface area contributed by atoms with Crippen LogP contribution in [0.15, 0.2) is 48.1 Å². The number of benzene rings is 1. The first-order valence-electron chi connectivity index (χ1n) is 8.93. The van der Waals surface area contributed by atoms with Crippen molar-refractivity contribution in [1.82, 2.24) is 19.9 Å². The summed E-state index contributed by atoms with van der Waals surface area (Å²) in [5, 5.41) is 3.38. The van der Waals surface area contributed by atoms with Crippen molar-refractivity contribution in [2.45, 2.75) is 31.7 Å². The predicted molar refractivity (Wildman–Crippen MR) is 105 cm³/mol. The van der Waals surface area contributed by atoms with Crippen LogP contribution in [-0.2, 0) is 12.0 Å². The van der Waals surface area contributed by atoms with Gasteiger partial charge in [-0.05, 0) is 38.4 Å². The van der Waals surface area contributed by atoms with Crippen LogP contribution in [0.25, 0.3) is 0 Å². The predicted octanol–water partition coefficient (Wildman–Crippen LogP) is 3.41. The highest BCUT2D eigenvalue weighted by Crippen LogP contribution is 2.42. The topological polar surface area (TPSA) is 67.9 Å². The van der Waals surface area contributed by atoms with Gasteiger partial charge in [-0.1, -0.05) is 30.3 Å². The van der Waals surface area contributed by atoms with Gasteiger partial charge in [0.1, 0.15) is 0 Å². The number of hydrogen-bond acceptors (Lipinski definition) is 6. The van der Waals surface area contributed by atoms with Gasteiger partial charge < -0.3 is 5.73 Å². The van der Waals surface area contributed by atoms with E-state index in [9.17, 15) is 0 Å². The first-order valence-corrected chi connectivity index (χ1v) is 9.81. The van der Waals surface area contributed by atoms with E-state index in [4.69, 9.17) is 10.7 Å². The number of nitrogens with two attached hydrogens (primary N) is 1. The fourth-order valence-corrected chi connectivity index (χ4v) is 4.54. The molecular formula is C20H23N5S. The Morgan fingerprint density at radius 2 is 1.81 bits per heavy atom. The minimum Gasteiger partial charge on any atom is -0.368 e. The Morgan fingerprint density at radius 3 is 2.42 bits per heavy atom. The van der Waals surface area contributed by atoms with E-state index in [1.54, 1.807) is 11.3 Å². The van der Waals surface area contributed by atoms with Crippen LogP contribution < -0.4 is 5.73 Å². The lowest BCUT2D eigenvalue weighted by atomic mass is 9.70. The van der Waals surface area contributed by atoms with Crippen LogP contribution in [-0.4, -0.2) is 32.9 Å². The van der Waals surface area contributed by atoms with Crippen LogP contribution in [0.4, 0.5) is 5.95 Å². The normalized spacial score (nSPS) is 17.3. The van der Waals surface area contributed by atoms with E-state index < -0.39 is 0 Å². The maximum absolute atomic E-state index is 5.58. The number of aryl methyl sites for hydroxylation is 1. The van der Waals surface area contributed by atoms with E-state index in [0.29, 0.717) is 5.95 Å². The molecule has 5 nitrogen and oxygen atoms in total. The number of rotatable bonds is 4. The number of nitrogen functional groups attached to an aromatic ring is 1. The van der Waals surface area contributed by atoms with Crippen molar-refractivity contribution in [1.29, 1.82) is 0 Å². The lowest BCUT2D eigenvalue weighted by molar-refractivity contribution is 0.170. The molecule has 0 atom stereocenters. The molecule has 0 bridgehead atoms. The fraction of sp³-hybridized carbons (Fsp3) is 0.350. The maximum Gasteiger partial charge on any atom is 0.219 e. The van der Waals surface area contributed by atoms with Crippen LogP contribution >= 0.6 is 11.3 Å². The number of piperidine rings is 1. The molecule has 0 amide bonds. The molecule has 3 aromatic rings. The van der Waals surface area contributed by atoms with Gasteiger partial charge in [-0.2, -0.15) is 0 Å². The quantitative estimate of drug-likeness (QED) is 0.767. The minimum atomic E-state index is 0.0140. The van der Waals surface area contributed by atoms with Gasteiger partial charge in [0.05, 0.1) is 10.7 Å². The Bertz CT molecular complexity index is 851. The number of aromatic nitrogens is 3. The van der Waals surface area contributed by atoms with Gasteiger partial charge in [-0.3, -0.25) is 4.90 Å². The van der Waals surface area contributed by atoms with Crippen molar-refractivity contribution in [3.05, 3.63) is 69.9 Å². The number of likely N-dealkylation sites (tertiary alicyclic amines) is 1. The third kappa shape index (κ3) is 3.34. The summed E-state index contributed by atoms with van der Waals surface area (Å²) in [6.45, 7) is 5.00. The number of hydrogen-bond donors (Lipinski definition) is 1. The molecule has 6 heteroatoms. The average Bonchev–Trinajstić information content (AvgIpc) is 3.12. The molecule has 134 valence electrons. The van der Waals surface area contributed by atoms with Crippen molar-refractivity contribution >= 4 is 17.3 Å². The Balaban J connectivity index is 1.55. The van der Waals surface area contributed by atoms with Gasteiger partial charge in [-0.25, -0.2) is 15.0 Å². The second-order valence-corrected chi connectivity index (χ2v) is 7.99. The molecule has 1 fully saturated rings. The first kappa shape index (κ1) is 17.1. The highest BCUT2D eigenvalue weighted by Gasteiger charge is 2.39. The Hall–Kier alpha value is -2.31. The van der Waals surface area contributed by atoms with Gasteiger partial charge in [0.25, 0.3) is 0 Å². The van der Waals surface area contributed by atoms with Crippen molar-refractivity contribution in [3.63, 3.8) is 0 Å². The molecule has 0 unspecified atom stereocenters. The Kier molecular flexibility index (Phi) is 4.70. The largest absolute Gasteiger partial charge is 0.368 e. The maximum atomic E-state index is 5.58. The van der Waals surface area contributed by atoms with Gasteiger partial charge in [0, 0.05) is 35.3 Å². The molecule has 1 aliphatic rings. The number of thiazole rings is 1. The highest BCUT2D eigenvalue weighted by molar-refractivity contribution is 7.09. The summed E-state index contributed by atoms with van der Waals surface area (Å²) in [6.07, 6.45) is 5.78. The molecule has 1 aromatic carbocycles. The lowest BCUT2D eigenvalue weighted by Crippen LogP contribution is -2.43. The summed E-state index contributed by atoms with van der Waals surface area (Å²) in [7, 11) is 0. The summed E-state index contributed by atoms with van der Waals surface area (Å²) in [5.41, 5.74) is 9.31. The highest BCUT2D eigenvalue weighted by atomic mass is 32.1.